The summed E-state index contributed by atoms with van der Waals surface area (Å²) in [4.78, 5) is 10.5. The van der Waals surface area contributed by atoms with Crippen LogP contribution in [-0.2, 0) is 0 Å². The largest absolute Gasteiger partial charge is 0.373 e. The number of anilines is 1. The standard InChI is InChI=1S/C11H14ClN3O2/c1-11(4-5-13-7-11)14-9-3-2-8(12)6-10(9)15(16)17/h2-3,6,13-14H,4-5,7H2,1H3. The van der Waals surface area contributed by atoms with E-state index in [1.165, 1.54) is 6.07 Å². The van der Waals surface area contributed by atoms with Gasteiger partial charge in [-0.3, -0.25) is 10.1 Å². The molecule has 0 aliphatic carbocycles. The molecule has 6 heteroatoms. The van der Waals surface area contributed by atoms with Gasteiger partial charge in [-0.15, -0.1) is 0 Å². The summed E-state index contributed by atoms with van der Waals surface area (Å²) < 4.78 is 0. The molecule has 17 heavy (non-hydrogen) atoms. The van der Waals surface area contributed by atoms with Crippen LogP contribution < -0.4 is 10.6 Å². The van der Waals surface area contributed by atoms with Crippen molar-refractivity contribution in [2.45, 2.75) is 18.9 Å². The summed E-state index contributed by atoms with van der Waals surface area (Å²) >= 11 is 5.77. The molecule has 1 saturated heterocycles. The zero-order valence-corrected chi connectivity index (χ0v) is 10.3. The van der Waals surface area contributed by atoms with Gasteiger partial charge in [0.25, 0.3) is 5.69 Å². The highest BCUT2D eigenvalue weighted by molar-refractivity contribution is 6.30. The molecule has 1 aliphatic heterocycles. The van der Waals surface area contributed by atoms with Gasteiger partial charge in [0, 0.05) is 23.2 Å². The molecule has 1 fully saturated rings. The average Bonchev–Trinajstić information content (AvgIpc) is 2.67. The lowest BCUT2D eigenvalue weighted by molar-refractivity contribution is -0.384. The Morgan fingerprint density at radius 2 is 2.35 bits per heavy atom. The van der Waals surface area contributed by atoms with Gasteiger partial charge >= 0.3 is 0 Å². The Bertz CT molecular complexity index is 444. The molecule has 0 aromatic heterocycles. The smallest absolute Gasteiger partial charge is 0.293 e. The molecule has 0 radical (unpaired) electrons. The van der Waals surface area contributed by atoms with E-state index in [2.05, 4.69) is 10.6 Å². The maximum atomic E-state index is 10.9. The number of nitro groups is 1. The van der Waals surface area contributed by atoms with Crippen LogP contribution in [0.3, 0.4) is 0 Å². The first kappa shape index (κ1) is 12.1. The van der Waals surface area contributed by atoms with Crippen molar-refractivity contribution in [1.29, 1.82) is 0 Å². The number of hydrogen-bond donors (Lipinski definition) is 2. The quantitative estimate of drug-likeness (QED) is 0.643. The first-order valence-corrected chi connectivity index (χ1v) is 5.81. The Hall–Kier alpha value is -1.33. The average molecular weight is 256 g/mol. The van der Waals surface area contributed by atoms with E-state index in [0.717, 1.165) is 19.5 Å². The van der Waals surface area contributed by atoms with Crippen molar-refractivity contribution in [3.63, 3.8) is 0 Å². The van der Waals surface area contributed by atoms with E-state index in [-0.39, 0.29) is 11.2 Å². The molecule has 1 unspecified atom stereocenters. The topological polar surface area (TPSA) is 67.2 Å². The monoisotopic (exact) mass is 255 g/mol. The van der Waals surface area contributed by atoms with E-state index in [9.17, 15) is 10.1 Å². The van der Waals surface area contributed by atoms with Crippen LogP contribution in [0.5, 0.6) is 0 Å². The van der Waals surface area contributed by atoms with Crippen molar-refractivity contribution in [3.8, 4) is 0 Å². The Labute approximate surface area is 104 Å². The zero-order chi connectivity index (χ0) is 12.5. The summed E-state index contributed by atoms with van der Waals surface area (Å²) in [7, 11) is 0. The lowest BCUT2D eigenvalue weighted by atomic mass is 10.0. The molecular weight excluding hydrogens is 242 g/mol. The number of nitrogens with one attached hydrogen (secondary N) is 2. The summed E-state index contributed by atoms with van der Waals surface area (Å²) in [5.74, 6) is 0. The number of nitrogens with zero attached hydrogens (tertiary/aromatic N) is 1. The SMILES string of the molecule is CC1(Nc2ccc(Cl)cc2[N+](=O)[O-])CCNC1. The lowest BCUT2D eigenvalue weighted by Crippen LogP contribution is -2.37. The fraction of sp³-hybridized carbons (Fsp3) is 0.455. The normalized spacial score (nSPS) is 23.6. The molecule has 0 spiro atoms. The molecule has 0 bridgehead atoms. The second-order valence-electron chi connectivity index (χ2n) is 4.53. The van der Waals surface area contributed by atoms with E-state index in [1.807, 2.05) is 6.92 Å². The first-order chi connectivity index (χ1) is 8.00. The van der Waals surface area contributed by atoms with Crippen molar-refractivity contribution in [1.82, 2.24) is 5.32 Å². The Kier molecular flexibility index (Phi) is 3.22. The van der Waals surface area contributed by atoms with Crippen LogP contribution in [0.4, 0.5) is 11.4 Å². The maximum Gasteiger partial charge on any atom is 0.293 e. The second kappa shape index (κ2) is 4.50. The van der Waals surface area contributed by atoms with Gasteiger partial charge in [-0.1, -0.05) is 11.6 Å². The van der Waals surface area contributed by atoms with E-state index >= 15 is 0 Å². The van der Waals surface area contributed by atoms with Crippen molar-refractivity contribution < 1.29 is 4.92 Å². The van der Waals surface area contributed by atoms with Crippen molar-refractivity contribution in [2.24, 2.45) is 0 Å². The van der Waals surface area contributed by atoms with Crippen LogP contribution >= 0.6 is 11.6 Å². The molecule has 5 nitrogen and oxygen atoms in total. The molecule has 0 saturated carbocycles. The minimum absolute atomic E-state index is 0.0191. The van der Waals surface area contributed by atoms with E-state index in [4.69, 9.17) is 11.6 Å². The third-order valence-electron chi connectivity index (χ3n) is 2.96. The van der Waals surface area contributed by atoms with Crippen molar-refractivity contribution in [3.05, 3.63) is 33.3 Å². The Balaban J connectivity index is 2.28. The van der Waals surface area contributed by atoms with Crippen LogP contribution in [-0.4, -0.2) is 23.6 Å². The van der Waals surface area contributed by atoms with Crippen molar-refractivity contribution >= 4 is 23.0 Å². The Morgan fingerprint density at radius 3 is 2.94 bits per heavy atom. The highest BCUT2D eigenvalue weighted by atomic mass is 35.5. The van der Waals surface area contributed by atoms with Gasteiger partial charge in [-0.25, -0.2) is 0 Å². The number of rotatable bonds is 3. The van der Waals surface area contributed by atoms with Gasteiger partial charge in [0.05, 0.1) is 4.92 Å². The predicted molar refractivity (Wildman–Crippen MR) is 67.6 cm³/mol. The van der Waals surface area contributed by atoms with E-state index < -0.39 is 4.92 Å². The number of nitro benzene ring substituents is 1. The molecule has 1 aromatic rings. The zero-order valence-electron chi connectivity index (χ0n) is 9.50. The van der Waals surface area contributed by atoms with Gasteiger partial charge in [-0.05, 0) is 32.0 Å². The molecule has 2 rings (SSSR count). The van der Waals surface area contributed by atoms with Crippen molar-refractivity contribution in [2.75, 3.05) is 18.4 Å². The van der Waals surface area contributed by atoms with E-state index in [1.54, 1.807) is 12.1 Å². The lowest BCUT2D eigenvalue weighted by Gasteiger charge is -2.25. The Morgan fingerprint density at radius 1 is 1.59 bits per heavy atom. The predicted octanol–water partition coefficient (Wildman–Crippen LogP) is 2.41. The molecule has 1 aromatic carbocycles. The molecule has 1 aliphatic rings. The van der Waals surface area contributed by atoms with Gasteiger partial charge in [0.15, 0.2) is 0 Å². The fourth-order valence-electron chi connectivity index (χ4n) is 2.01. The molecular formula is C11H14ClN3O2. The summed E-state index contributed by atoms with van der Waals surface area (Å²) in [6, 6.07) is 4.68. The van der Waals surface area contributed by atoms with Crippen LogP contribution in [0.25, 0.3) is 0 Å². The third-order valence-corrected chi connectivity index (χ3v) is 3.20. The molecule has 92 valence electrons. The van der Waals surface area contributed by atoms with Crippen LogP contribution in [0, 0.1) is 10.1 Å². The first-order valence-electron chi connectivity index (χ1n) is 5.43. The minimum Gasteiger partial charge on any atom is -0.373 e. The fourth-order valence-corrected chi connectivity index (χ4v) is 2.18. The molecule has 0 amide bonds. The van der Waals surface area contributed by atoms with Gasteiger partial charge in [0.1, 0.15) is 5.69 Å². The summed E-state index contributed by atoms with van der Waals surface area (Å²) in [6.07, 6.45) is 0.937. The highest BCUT2D eigenvalue weighted by Gasteiger charge is 2.30. The summed E-state index contributed by atoms with van der Waals surface area (Å²) in [5.41, 5.74) is 0.398. The van der Waals surface area contributed by atoms with Gasteiger partial charge in [0.2, 0.25) is 0 Å². The number of hydrogen-bond acceptors (Lipinski definition) is 4. The maximum absolute atomic E-state index is 10.9. The summed E-state index contributed by atoms with van der Waals surface area (Å²) in [5, 5.41) is 17.8. The van der Waals surface area contributed by atoms with E-state index in [0.29, 0.717) is 10.7 Å². The van der Waals surface area contributed by atoms with Gasteiger partial charge in [-0.2, -0.15) is 0 Å². The molecule has 1 atom stereocenters. The third kappa shape index (κ3) is 2.68. The highest BCUT2D eigenvalue weighted by Crippen LogP contribution is 2.31. The molecule has 1 heterocycles. The number of benzene rings is 1. The van der Waals surface area contributed by atoms with Crippen LogP contribution in [0.2, 0.25) is 5.02 Å². The second-order valence-corrected chi connectivity index (χ2v) is 4.97. The molecule has 2 N–H and O–H groups in total. The summed E-state index contributed by atoms with van der Waals surface area (Å²) in [6.45, 7) is 3.77. The number of halogens is 1. The van der Waals surface area contributed by atoms with Crippen LogP contribution in [0.1, 0.15) is 13.3 Å². The van der Waals surface area contributed by atoms with Crippen LogP contribution in [0.15, 0.2) is 18.2 Å². The van der Waals surface area contributed by atoms with Gasteiger partial charge < -0.3 is 10.6 Å². The minimum atomic E-state index is -0.417.